The van der Waals surface area contributed by atoms with Crippen molar-refractivity contribution in [3.8, 4) is 16.9 Å². The van der Waals surface area contributed by atoms with Crippen LogP contribution in [0.1, 0.15) is 132 Å². The fraction of sp³-hybridized carbons (Fsp3) is 0.493. The Labute approximate surface area is 445 Å². The summed E-state index contributed by atoms with van der Waals surface area (Å²) < 4.78 is 13.4. The standard InChI is InChI=1S/C67H79N3O5/c1-4-43(33-44-12-6-5-7-13-44)37-58-67-29-23-53-54-20-21-55-57(74-64(72)61(55)62(54)67)24-28-66(50-26-32-70-59(38-50)69-30-10-11-42(2)3)27-22-47(40-66)35-46-15-8-14-45(34-46)25-31-68-41-48-16-9-17-49(36-48)52-19-18-51(71)39-56(52)60(53)63(67)65(73)75-58/h5-9,12-19,24,34,36-37,39,42-43,47,50,53-54,59,62,68-71H,4,10-11,20-23,25-33,35,38,40-41H2,1-3H3. The number of phenolic OH excluding ortho intramolecular Hbond substituents is 1. The van der Waals surface area contributed by atoms with E-state index in [1.54, 1.807) is 6.07 Å². The van der Waals surface area contributed by atoms with Gasteiger partial charge in [0.2, 0.25) is 0 Å². The maximum absolute atomic E-state index is 15.2. The predicted molar refractivity (Wildman–Crippen MR) is 298 cm³/mol. The van der Waals surface area contributed by atoms with Gasteiger partial charge in [-0.3, -0.25) is 0 Å². The summed E-state index contributed by atoms with van der Waals surface area (Å²) in [5.41, 5.74) is 10.9. The number of aromatic hydroxyl groups is 1. The van der Waals surface area contributed by atoms with Gasteiger partial charge in [0.15, 0.2) is 0 Å². The van der Waals surface area contributed by atoms with Crippen molar-refractivity contribution in [1.29, 1.82) is 0 Å². The molecule has 1 spiro atoms. The first-order valence-corrected chi connectivity index (χ1v) is 29.2. The van der Waals surface area contributed by atoms with Crippen molar-refractivity contribution in [3.05, 3.63) is 165 Å². The van der Waals surface area contributed by atoms with Crippen LogP contribution < -0.4 is 16.0 Å². The Morgan fingerprint density at radius 3 is 2.55 bits per heavy atom. The van der Waals surface area contributed by atoms with Gasteiger partial charge in [0.25, 0.3) is 0 Å². The van der Waals surface area contributed by atoms with Crippen LogP contribution in [0.5, 0.6) is 5.75 Å². The first kappa shape index (κ1) is 50.3. The number of rotatable bonds is 10. The molecule has 4 N–H and O–H groups in total. The molecule has 5 aliphatic heterocycles. The van der Waals surface area contributed by atoms with Gasteiger partial charge >= 0.3 is 11.9 Å². The second-order valence-electron chi connectivity index (χ2n) is 24.5. The molecule has 9 unspecified atom stereocenters. The van der Waals surface area contributed by atoms with Crippen molar-refractivity contribution < 1.29 is 24.2 Å². The molecular weight excluding hydrogens is 927 g/mol. The smallest absolute Gasteiger partial charge is 0.340 e. The maximum atomic E-state index is 15.2. The van der Waals surface area contributed by atoms with Gasteiger partial charge in [0.1, 0.15) is 17.3 Å². The molecule has 9 atom stereocenters. The number of carbonyl (C=O) groups excluding carboxylic acids is 2. The number of piperidine rings is 1. The summed E-state index contributed by atoms with van der Waals surface area (Å²) in [6, 6.07) is 34.4. The van der Waals surface area contributed by atoms with Gasteiger partial charge in [-0.1, -0.05) is 99.6 Å². The Kier molecular flexibility index (Phi) is 14.2. The number of esters is 2. The fourth-order valence-electron chi connectivity index (χ4n) is 16.1. The number of benzene rings is 4. The number of ether oxygens (including phenoxy) is 2. The lowest BCUT2D eigenvalue weighted by Crippen LogP contribution is -2.52. The van der Waals surface area contributed by atoms with Gasteiger partial charge in [-0.15, -0.1) is 0 Å². The van der Waals surface area contributed by atoms with E-state index in [4.69, 9.17) is 9.47 Å². The minimum absolute atomic E-state index is 0.0109. The number of fused-ring (bicyclic) bond motifs is 5. The molecule has 0 radical (unpaired) electrons. The molecule has 4 aromatic carbocycles. The monoisotopic (exact) mass is 1010 g/mol. The normalized spacial score (nSPS) is 30.2. The summed E-state index contributed by atoms with van der Waals surface area (Å²) in [6.07, 6.45) is 21.0. The minimum atomic E-state index is -0.852. The molecule has 0 aromatic heterocycles. The highest BCUT2D eigenvalue weighted by Crippen LogP contribution is 2.72. The van der Waals surface area contributed by atoms with Crippen LogP contribution in [-0.2, 0) is 44.9 Å². The molecule has 4 fully saturated rings. The van der Waals surface area contributed by atoms with E-state index >= 15 is 9.59 Å². The van der Waals surface area contributed by atoms with Crippen molar-refractivity contribution in [2.45, 2.75) is 136 Å². The van der Waals surface area contributed by atoms with Gasteiger partial charge in [-0.25, -0.2) is 9.59 Å². The van der Waals surface area contributed by atoms with Crippen LogP contribution in [0.2, 0.25) is 0 Å². The van der Waals surface area contributed by atoms with Gasteiger partial charge in [-0.05, 0) is 238 Å². The number of cyclic esters (lactones) is 1. The number of phenols is 1. The first-order chi connectivity index (χ1) is 36.6. The van der Waals surface area contributed by atoms with E-state index in [-0.39, 0.29) is 46.8 Å². The SMILES string of the molecule is CCC(C=C1OC(=O)C2=C3c4cc(O)ccc4-c4cccc(c4)CNCCc4cccc(c4)CC4CCC(C5CCNC(NCCCC(C)C)C5)(CC=C5OC(=O)C6=C5CCC5C3CCC12C65)C4)Cc1ccccc1. The van der Waals surface area contributed by atoms with Crippen LogP contribution in [0, 0.1) is 52.3 Å². The first-order valence-electron chi connectivity index (χ1n) is 29.2. The molecule has 392 valence electrons. The molecular formula is C67H79N3O5. The zero-order valence-corrected chi connectivity index (χ0v) is 44.7. The van der Waals surface area contributed by atoms with Crippen molar-refractivity contribution in [2.24, 2.45) is 52.3 Å². The summed E-state index contributed by atoms with van der Waals surface area (Å²) in [5, 5.41) is 23.0. The fourth-order valence-corrected chi connectivity index (χ4v) is 16.1. The summed E-state index contributed by atoms with van der Waals surface area (Å²) in [5.74, 6) is 2.86. The van der Waals surface area contributed by atoms with E-state index < -0.39 is 5.41 Å². The van der Waals surface area contributed by atoms with E-state index in [1.807, 2.05) is 12.1 Å². The van der Waals surface area contributed by atoms with Gasteiger partial charge in [0.05, 0.1) is 17.2 Å². The lowest BCUT2D eigenvalue weighted by molar-refractivity contribution is -0.135. The number of carbonyl (C=O) groups is 2. The Balaban J connectivity index is 0.988. The van der Waals surface area contributed by atoms with Crippen LogP contribution in [0.3, 0.4) is 0 Å². The molecule has 2 saturated heterocycles. The zero-order chi connectivity index (χ0) is 51.3. The van der Waals surface area contributed by atoms with E-state index in [0.717, 1.165) is 130 Å². The third kappa shape index (κ3) is 9.60. The Morgan fingerprint density at radius 1 is 0.827 bits per heavy atom. The van der Waals surface area contributed by atoms with E-state index in [1.165, 1.54) is 54.4 Å². The molecule has 8 heteroatoms. The quantitative estimate of drug-likeness (QED) is 0.0919. The number of allylic oxidation sites excluding steroid dienone is 5. The molecule has 2 saturated carbocycles. The molecule has 0 amide bonds. The minimum Gasteiger partial charge on any atom is -0.508 e. The molecule has 75 heavy (non-hydrogen) atoms. The van der Waals surface area contributed by atoms with Crippen LogP contribution in [0.25, 0.3) is 16.7 Å². The summed E-state index contributed by atoms with van der Waals surface area (Å²) >= 11 is 0. The molecule has 14 bridgehead atoms. The Hall–Kier alpha value is -5.54. The predicted octanol–water partition coefficient (Wildman–Crippen LogP) is 13.1. The van der Waals surface area contributed by atoms with Crippen LogP contribution >= 0.6 is 0 Å². The highest BCUT2D eigenvalue weighted by Gasteiger charge is 2.68. The van der Waals surface area contributed by atoms with Crippen molar-refractivity contribution in [2.75, 3.05) is 19.6 Å². The maximum Gasteiger partial charge on any atom is 0.340 e. The van der Waals surface area contributed by atoms with Crippen molar-refractivity contribution in [1.82, 2.24) is 16.0 Å². The van der Waals surface area contributed by atoms with Crippen LogP contribution in [-0.4, -0.2) is 42.8 Å². The van der Waals surface area contributed by atoms with Gasteiger partial charge in [0, 0.05) is 23.6 Å². The van der Waals surface area contributed by atoms with E-state index in [0.29, 0.717) is 41.7 Å². The van der Waals surface area contributed by atoms with Crippen molar-refractivity contribution in [3.63, 3.8) is 0 Å². The Morgan fingerprint density at radius 2 is 1.68 bits per heavy atom. The van der Waals surface area contributed by atoms with Crippen LogP contribution in [0.4, 0.5) is 0 Å². The largest absolute Gasteiger partial charge is 0.508 e. The van der Waals surface area contributed by atoms with Crippen molar-refractivity contribution >= 4 is 17.5 Å². The molecule has 10 aliphatic rings. The van der Waals surface area contributed by atoms with Crippen LogP contribution in [0.15, 0.2) is 137 Å². The molecule has 5 heterocycles. The number of nitrogens with one attached hydrogen (secondary N) is 3. The molecule has 14 rings (SSSR count). The topological polar surface area (TPSA) is 109 Å². The third-order valence-corrected chi connectivity index (χ3v) is 19.6. The Bertz CT molecular complexity index is 2950. The highest BCUT2D eigenvalue weighted by atomic mass is 16.5. The summed E-state index contributed by atoms with van der Waals surface area (Å²) in [6.45, 7) is 10.5. The van der Waals surface area contributed by atoms with E-state index in [2.05, 4.69) is 128 Å². The average Bonchev–Trinajstić information content (AvgIpc) is 4.08. The van der Waals surface area contributed by atoms with Gasteiger partial charge < -0.3 is 30.5 Å². The highest BCUT2D eigenvalue weighted by molar-refractivity contribution is 6.07. The third-order valence-electron chi connectivity index (χ3n) is 19.6. The lowest BCUT2D eigenvalue weighted by atomic mass is 9.44. The molecule has 4 aromatic rings. The number of hydrogen-bond donors (Lipinski definition) is 4. The second-order valence-corrected chi connectivity index (χ2v) is 24.5. The summed E-state index contributed by atoms with van der Waals surface area (Å²) in [7, 11) is 0. The zero-order valence-electron chi connectivity index (χ0n) is 44.7. The van der Waals surface area contributed by atoms with E-state index in [9.17, 15) is 5.11 Å². The average molecular weight is 1010 g/mol. The summed E-state index contributed by atoms with van der Waals surface area (Å²) in [4.78, 5) is 30.3. The number of hydrogen-bond acceptors (Lipinski definition) is 8. The second kappa shape index (κ2) is 21.1. The molecule has 5 aliphatic carbocycles. The molecule has 8 nitrogen and oxygen atoms in total. The van der Waals surface area contributed by atoms with Gasteiger partial charge in [-0.2, -0.15) is 0 Å². The lowest BCUT2D eigenvalue weighted by Gasteiger charge is -2.56.